The van der Waals surface area contributed by atoms with Gasteiger partial charge in [-0.2, -0.15) is 5.10 Å². The van der Waals surface area contributed by atoms with E-state index in [9.17, 15) is 9.59 Å². The molecule has 138 valence electrons. The van der Waals surface area contributed by atoms with Crippen molar-refractivity contribution in [2.75, 3.05) is 12.4 Å². The standard InChI is InChI=1S/C18H14BrClN4O3/c1-10-5-3-6-11(18(26)27-2)15(10)22-17(25)13-9-14(19)23-24(13)16-12(20)7-4-8-21-16/h3-9H,1-2H3,(H,22,25). The van der Waals surface area contributed by atoms with Crippen LogP contribution in [0.5, 0.6) is 0 Å². The van der Waals surface area contributed by atoms with Crippen LogP contribution in [0.4, 0.5) is 5.69 Å². The summed E-state index contributed by atoms with van der Waals surface area (Å²) in [6.45, 7) is 1.78. The van der Waals surface area contributed by atoms with Crippen LogP contribution in [0.1, 0.15) is 26.4 Å². The third-order valence-electron chi connectivity index (χ3n) is 3.77. The topological polar surface area (TPSA) is 86.1 Å². The SMILES string of the molecule is COC(=O)c1cccc(C)c1NC(=O)c1cc(Br)nn1-c1ncccc1Cl. The summed E-state index contributed by atoms with van der Waals surface area (Å²) in [7, 11) is 1.28. The first kappa shape index (κ1) is 19.1. The smallest absolute Gasteiger partial charge is 0.339 e. The number of nitrogens with one attached hydrogen (secondary N) is 1. The molecule has 3 aromatic rings. The number of anilines is 1. The maximum Gasteiger partial charge on any atom is 0.339 e. The van der Waals surface area contributed by atoms with Crippen LogP contribution < -0.4 is 5.32 Å². The molecule has 0 aliphatic heterocycles. The van der Waals surface area contributed by atoms with Gasteiger partial charge in [0.2, 0.25) is 0 Å². The highest BCUT2D eigenvalue weighted by Gasteiger charge is 2.21. The van der Waals surface area contributed by atoms with Gasteiger partial charge in [-0.25, -0.2) is 14.5 Å². The van der Waals surface area contributed by atoms with Crippen LogP contribution in [0.2, 0.25) is 5.02 Å². The van der Waals surface area contributed by atoms with Crippen molar-refractivity contribution in [3.8, 4) is 5.82 Å². The van der Waals surface area contributed by atoms with Crippen molar-refractivity contribution in [3.63, 3.8) is 0 Å². The Hall–Kier alpha value is -2.71. The minimum Gasteiger partial charge on any atom is -0.465 e. The Balaban J connectivity index is 2.03. The second-order valence-electron chi connectivity index (χ2n) is 5.52. The Morgan fingerprint density at radius 1 is 1.26 bits per heavy atom. The predicted molar refractivity (Wildman–Crippen MR) is 105 cm³/mol. The summed E-state index contributed by atoms with van der Waals surface area (Å²) >= 11 is 9.45. The second kappa shape index (κ2) is 7.89. The molecule has 0 saturated carbocycles. The molecule has 0 fully saturated rings. The van der Waals surface area contributed by atoms with Crippen molar-refractivity contribution >= 4 is 45.1 Å². The number of aromatic nitrogens is 3. The van der Waals surface area contributed by atoms with E-state index in [1.165, 1.54) is 17.9 Å². The van der Waals surface area contributed by atoms with Gasteiger partial charge in [0, 0.05) is 12.3 Å². The van der Waals surface area contributed by atoms with E-state index < -0.39 is 11.9 Å². The third-order valence-corrected chi connectivity index (χ3v) is 4.45. The van der Waals surface area contributed by atoms with Crippen molar-refractivity contribution in [2.24, 2.45) is 0 Å². The van der Waals surface area contributed by atoms with E-state index in [1.54, 1.807) is 43.5 Å². The highest BCUT2D eigenvalue weighted by molar-refractivity contribution is 9.10. The highest BCUT2D eigenvalue weighted by Crippen LogP contribution is 2.25. The number of nitrogens with zero attached hydrogens (tertiary/aromatic N) is 3. The van der Waals surface area contributed by atoms with Gasteiger partial charge in [0.05, 0.1) is 23.4 Å². The molecule has 9 heteroatoms. The van der Waals surface area contributed by atoms with Crippen molar-refractivity contribution < 1.29 is 14.3 Å². The molecule has 0 bridgehead atoms. The molecule has 0 atom stereocenters. The van der Waals surface area contributed by atoms with Crippen molar-refractivity contribution in [2.45, 2.75) is 6.92 Å². The quantitative estimate of drug-likeness (QED) is 0.608. The number of aryl methyl sites for hydroxylation is 1. The number of methoxy groups -OCH3 is 1. The van der Waals surface area contributed by atoms with E-state index in [4.69, 9.17) is 16.3 Å². The number of pyridine rings is 1. The first-order valence-corrected chi connectivity index (χ1v) is 8.95. The molecule has 2 aromatic heterocycles. The summed E-state index contributed by atoms with van der Waals surface area (Å²) in [4.78, 5) is 29.1. The molecule has 1 N–H and O–H groups in total. The van der Waals surface area contributed by atoms with Crippen LogP contribution in [0.15, 0.2) is 47.2 Å². The van der Waals surface area contributed by atoms with E-state index in [2.05, 4.69) is 31.3 Å². The first-order valence-electron chi connectivity index (χ1n) is 7.78. The molecule has 0 aliphatic rings. The number of esters is 1. The van der Waals surface area contributed by atoms with Crippen molar-refractivity contribution in [1.29, 1.82) is 0 Å². The van der Waals surface area contributed by atoms with Crippen LogP contribution in [0.25, 0.3) is 5.82 Å². The summed E-state index contributed by atoms with van der Waals surface area (Å²) < 4.78 is 6.56. The van der Waals surface area contributed by atoms with Crippen LogP contribution in [0, 0.1) is 6.92 Å². The number of benzene rings is 1. The lowest BCUT2D eigenvalue weighted by Gasteiger charge is -2.13. The van der Waals surface area contributed by atoms with Gasteiger partial charge < -0.3 is 10.1 Å². The molecule has 3 rings (SSSR count). The van der Waals surface area contributed by atoms with E-state index in [0.717, 1.165) is 0 Å². The van der Waals surface area contributed by atoms with E-state index >= 15 is 0 Å². The van der Waals surface area contributed by atoms with Crippen LogP contribution >= 0.6 is 27.5 Å². The maximum atomic E-state index is 12.9. The maximum absolute atomic E-state index is 12.9. The number of para-hydroxylation sites is 1. The van der Waals surface area contributed by atoms with Gasteiger partial charge in [-0.1, -0.05) is 23.7 Å². The average Bonchev–Trinajstić information content (AvgIpc) is 3.04. The highest BCUT2D eigenvalue weighted by atomic mass is 79.9. The minimum atomic E-state index is -0.545. The Morgan fingerprint density at radius 3 is 2.74 bits per heavy atom. The molecular formula is C18H14BrClN4O3. The number of carbonyl (C=O) groups excluding carboxylic acids is 2. The molecular weight excluding hydrogens is 436 g/mol. The largest absolute Gasteiger partial charge is 0.465 e. The molecule has 0 radical (unpaired) electrons. The zero-order valence-electron chi connectivity index (χ0n) is 14.4. The number of halogens is 2. The van der Waals surface area contributed by atoms with Crippen molar-refractivity contribution in [3.05, 3.63) is 69.0 Å². The summed E-state index contributed by atoms with van der Waals surface area (Å²) in [5, 5.41) is 7.34. The van der Waals surface area contributed by atoms with Crippen LogP contribution in [-0.2, 0) is 4.74 Å². The number of hydrogen-bond donors (Lipinski definition) is 1. The van der Waals surface area contributed by atoms with Gasteiger partial charge in [-0.15, -0.1) is 0 Å². The number of amides is 1. The molecule has 0 spiro atoms. The molecule has 0 unspecified atom stereocenters. The molecule has 1 aromatic carbocycles. The Labute approximate surface area is 168 Å². The Morgan fingerprint density at radius 2 is 2.04 bits per heavy atom. The fourth-order valence-electron chi connectivity index (χ4n) is 2.50. The Bertz CT molecular complexity index is 1040. The lowest BCUT2D eigenvalue weighted by molar-refractivity contribution is 0.0602. The molecule has 0 aliphatic carbocycles. The second-order valence-corrected chi connectivity index (χ2v) is 6.74. The van der Waals surface area contributed by atoms with E-state index in [1.807, 2.05) is 0 Å². The molecule has 7 nitrogen and oxygen atoms in total. The summed E-state index contributed by atoms with van der Waals surface area (Å²) in [6.07, 6.45) is 1.55. The first-order chi connectivity index (χ1) is 12.9. The fraction of sp³-hybridized carbons (Fsp3) is 0.111. The monoisotopic (exact) mass is 448 g/mol. The lowest BCUT2D eigenvalue weighted by atomic mass is 10.1. The summed E-state index contributed by atoms with van der Waals surface area (Å²) in [6, 6.07) is 9.95. The van der Waals surface area contributed by atoms with E-state index in [-0.39, 0.29) is 11.3 Å². The van der Waals surface area contributed by atoms with E-state index in [0.29, 0.717) is 26.7 Å². The van der Waals surface area contributed by atoms with Gasteiger partial charge in [0.1, 0.15) is 10.3 Å². The lowest BCUT2D eigenvalue weighted by Crippen LogP contribution is -2.20. The Kier molecular flexibility index (Phi) is 5.57. The molecule has 0 saturated heterocycles. The zero-order chi connectivity index (χ0) is 19.6. The summed E-state index contributed by atoms with van der Waals surface area (Å²) in [5.41, 5.74) is 1.53. The van der Waals surface area contributed by atoms with Gasteiger partial charge in [-0.3, -0.25) is 4.79 Å². The molecule has 1 amide bonds. The predicted octanol–water partition coefficient (Wildman–Crippen LogP) is 4.03. The fourth-order valence-corrected chi connectivity index (χ4v) is 3.08. The third kappa shape index (κ3) is 3.86. The number of carbonyl (C=O) groups is 2. The van der Waals surface area contributed by atoms with Crippen LogP contribution in [0.3, 0.4) is 0 Å². The van der Waals surface area contributed by atoms with Gasteiger partial charge in [0.15, 0.2) is 5.82 Å². The molecule has 2 heterocycles. The van der Waals surface area contributed by atoms with Crippen molar-refractivity contribution in [1.82, 2.24) is 14.8 Å². The number of rotatable bonds is 4. The minimum absolute atomic E-state index is 0.196. The molecule has 27 heavy (non-hydrogen) atoms. The van der Waals surface area contributed by atoms with Gasteiger partial charge in [0.25, 0.3) is 5.91 Å². The normalized spacial score (nSPS) is 10.5. The number of ether oxygens (including phenoxy) is 1. The zero-order valence-corrected chi connectivity index (χ0v) is 16.7. The summed E-state index contributed by atoms with van der Waals surface area (Å²) in [5.74, 6) is -0.709. The van der Waals surface area contributed by atoms with Crippen LogP contribution in [-0.4, -0.2) is 33.8 Å². The van der Waals surface area contributed by atoms with Gasteiger partial charge in [-0.05, 0) is 46.6 Å². The number of hydrogen-bond acceptors (Lipinski definition) is 5. The average molecular weight is 450 g/mol. The van der Waals surface area contributed by atoms with Gasteiger partial charge >= 0.3 is 5.97 Å².